The second-order valence-electron chi connectivity index (χ2n) is 8.27. The van der Waals surface area contributed by atoms with Crippen LogP contribution in [-0.4, -0.2) is 84.6 Å². The molecule has 0 saturated carbocycles. The predicted molar refractivity (Wildman–Crippen MR) is 128 cm³/mol. The summed E-state index contributed by atoms with van der Waals surface area (Å²) < 4.78 is 5.41. The topological polar surface area (TPSA) is 94.2 Å². The van der Waals surface area contributed by atoms with Crippen molar-refractivity contribution in [2.45, 2.75) is 46.2 Å². The SMILES string of the molecule is CCCNC(=O)N1CCN(CC2=C(C(=O)OCC)[C@@H](c3ccsc3)NC(=O)N2CC)C[C@H]1C. The molecule has 9 nitrogen and oxygen atoms in total. The lowest BCUT2D eigenvalue weighted by Crippen LogP contribution is -2.58. The molecule has 33 heavy (non-hydrogen) atoms. The minimum absolute atomic E-state index is 0.0161. The fraction of sp³-hybridized carbons (Fsp3) is 0.609. The van der Waals surface area contributed by atoms with Gasteiger partial charge in [0.25, 0.3) is 0 Å². The van der Waals surface area contributed by atoms with Gasteiger partial charge in [-0.2, -0.15) is 11.3 Å². The van der Waals surface area contributed by atoms with Crippen molar-refractivity contribution in [3.05, 3.63) is 33.7 Å². The Morgan fingerprint density at radius 2 is 2.06 bits per heavy atom. The number of thiophene rings is 1. The van der Waals surface area contributed by atoms with Crippen LogP contribution in [0.4, 0.5) is 9.59 Å². The molecule has 0 bridgehead atoms. The van der Waals surface area contributed by atoms with Crippen molar-refractivity contribution in [1.29, 1.82) is 0 Å². The zero-order chi connectivity index (χ0) is 24.0. The number of nitrogens with one attached hydrogen (secondary N) is 2. The van der Waals surface area contributed by atoms with Crippen molar-refractivity contribution < 1.29 is 19.1 Å². The van der Waals surface area contributed by atoms with Crippen molar-refractivity contribution in [2.75, 3.05) is 45.9 Å². The average molecular weight is 478 g/mol. The van der Waals surface area contributed by atoms with E-state index in [-0.39, 0.29) is 24.7 Å². The number of carbonyl (C=O) groups is 3. The van der Waals surface area contributed by atoms with Gasteiger partial charge in [0, 0.05) is 51.0 Å². The molecule has 182 valence electrons. The Kier molecular flexibility index (Phi) is 8.74. The van der Waals surface area contributed by atoms with Crippen molar-refractivity contribution in [2.24, 2.45) is 0 Å². The van der Waals surface area contributed by atoms with Gasteiger partial charge in [-0.05, 0) is 49.6 Å². The van der Waals surface area contributed by atoms with Crippen LogP contribution in [-0.2, 0) is 9.53 Å². The van der Waals surface area contributed by atoms with Gasteiger partial charge in [-0.3, -0.25) is 9.80 Å². The maximum Gasteiger partial charge on any atom is 0.338 e. The molecule has 0 unspecified atom stereocenters. The second-order valence-corrected chi connectivity index (χ2v) is 9.05. The third-order valence-electron chi connectivity index (χ3n) is 6.00. The minimum Gasteiger partial charge on any atom is -0.463 e. The summed E-state index contributed by atoms with van der Waals surface area (Å²) in [6.07, 6.45) is 0.894. The minimum atomic E-state index is -0.542. The lowest BCUT2D eigenvalue weighted by molar-refractivity contribution is -0.139. The predicted octanol–water partition coefficient (Wildman–Crippen LogP) is 2.78. The number of hydrogen-bond acceptors (Lipinski definition) is 6. The second kappa shape index (κ2) is 11.5. The smallest absolute Gasteiger partial charge is 0.338 e. The van der Waals surface area contributed by atoms with E-state index < -0.39 is 12.0 Å². The highest BCUT2D eigenvalue weighted by Gasteiger charge is 2.39. The molecule has 2 aliphatic heterocycles. The van der Waals surface area contributed by atoms with Crippen molar-refractivity contribution in [3.63, 3.8) is 0 Å². The molecule has 2 N–H and O–H groups in total. The fourth-order valence-corrected chi connectivity index (χ4v) is 5.06. The number of hydrogen-bond donors (Lipinski definition) is 2. The molecule has 0 aromatic carbocycles. The number of ether oxygens (including phenoxy) is 1. The van der Waals surface area contributed by atoms with Gasteiger partial charge in [0.1, 0.15) is 0 Å². The van der Waals surface area contributed by atoms with E-state index in [4.69, 9.17) is 4.74 Å². The molecule has 1 aromatic heterocycles. The molecule has 4 amide bonds. The molecule has 10 heteroatoms. The molecule has 3 heterocycles. The van der Waals surface area contributed by atoms with E-state index in [0.29, 0.717) is 50.5 Å². The highest BCUT2D eigenvalue weighted by atomic mass is 32.1. The van der Waals surface area contributed by atoms with E-state index >= 15 is 0 Å². The van der Waals surface area contributed by atoms with Crippen LogP contribution in [0.15, 0.2) is 28.1 Å². The van der Waals surface area contributed by atoms with Gasteiger partial charge >= 0.3 is 18.0 Å². The van der Waals surface area contributed by atoms with E-state index in [1.807, 2.05) is 42.5 Å². The monoisotopic (exact) mass is 477 g/mol. The van der Waals surface area contributed by atoms with Crippen LogP contribution in [0, 0.1) is 0 Å². The number of amides is 4. The van der Waals surface area contributed by atoms with Crippen LogP contribution in [0.3, 0.4) is 0 Å². The molecule has 0 radical (unpaired) electrons. The van der Waals surface area contributed by atoms with Crippen LogP contribution in [0.1, 0.15) is 45.7 Å². The van der Waals surface area contributed by atoms with E-state index in [1.54, 1.807) is 11.8 Å². The summed E-state index contributed by atoms with van der Waals surface area (Å²) in [4.78, 5) is 44.2. The van der Waals surface area contributed by atoms with Crippen LogP contribution >= 0.6 is 11.3 Å². The van der Waals surface area contributed by atoms with Crippen molar-refractivity contribution >= 4 is 29.4 Å². The summed E-state index contributed by atoms with van der Waals surface area (Å²) in [6.45, 7) is 11.4. The maximum atomic E-state index is 13.1. The number of urea groups is 2. The molecule has 2 aliphatic rings. The first-order valence-electron chi connectivity index (χ1n) is 11.7. The van der Waals surface area contributed by atoms with E-state index in [9.17, 15) is 14.4 Å². The number of piperazine rings is 1. The first-order valence-corrected chi connectivity index (χ1v) is 12.6. The zero-order valence-electron chi connectivity index (χ0n) is 19.9. The summed E-state index contributed by atoms with van der Waals surface area (Å²) in [5.74, 6) is -0.409. The summed E-state index contributed by atoms with van der Waals surface area (Å²) in [5, 5.41) is 9.80. The normalized spacial score (nSPS) is 21.8. The van der Waals surface area contributed by atoms with E-state index in [1.165, 1.54) is 11.3 Å². The Morgan fingerprint density at radius 3 is 2.67 bits per heavy atom. The molecule has 3 rings (SSSR count). The average Bonchev–Trinajstić information content (AvgIpc) is 3.32. The molecule has 1 saturated heterocycles. The third kappa shape index (κ3) is 5.67. The Hall–Kier alpha value is -2.59. The van der Waals surface area contributed by atoms with E-state index in [0.717, 1.165) is 12.0 Å². The first kappa shape index (κ1) is 25.0. The summed E-state index contributed by atoms with van der Waals surface area (Å²) >= 11 is 1.52. The van der Waals surface area contributed by atoms with E-state index in [2.05, 4.69) is 15.5 Å². The van der Waals surface area contributed by atoms with Gasteiger partial charge in [0.15, 0.2) is 0 Å². The molecule has 1 aromatic rings. The third-order valence-corrected chi connectivity index (χ3v) is 6.70. The first-order chi connectivity index (χ1) is 15.9. The largest absolute Gasteiger partial charge is 0.463 e. The maximum absolute atomic E-state index is 13.1. The number of carbonyl (C=O) groups excluding carboxylic acids is 3. The zero-order valence-corrected chi connectivity index (χ0v) is 20.7. The molecule has 2 atom stereocenters. The standard InChI is InChI=1S/C23H35N5O4S/c1-5-9-24-22(30)28-11-10-26(13-16(28)4)14-18-19(21(29)32-7-3)20(17-8-12-33-15-17)25-23(31)27(18)6-2/h8,12,15-16,20H,5-7,9-11,13-14H2,1-4H3,(H,24,30)(H,25,31)/t16-,20-/m1/s1. The van der Waals surface area contributed by atoms with Gasteiger partial charge in [0.2, 0.25) is 0 Å². The molecular formula is C23H35N5O4S. The summed E-state index contributed by atoms with van der Waals surface area (Å²) in [5.41, 5.74) is 2.02. The van der Waals surface area contributed by atoms with Crippen LogP contribution in [0.2, 0.25) is 0 Å². The summed E-state index contributed by atoms with van der Waals surface area (Å²) in [7, 11) is 0. The number of rotatable bonds is 8. The lowest BCUT2D eigenvalue weighted by Gasteiger charge is -2.42. The van der Waals surface area contributed by atoms with Crippen LogP contribution in [0.5, 0.6) is 0 Å². The molecule has 0 spiro atoms. The Bertz CT molecular complexity index is 872. The summed E-state index contributed by atoms with van der Waals surface area (Å²) in [6, 6.07) is 1.13. The number of nitrogens with zero attached hydrogens (tertiary/aromatic N) is 3. The Morgan fingerprint density at radius 1 is 1.27 bits per heavy atom. The van der Waals surface area contributed by atoms with Gasteiger partial charge in [-0.15, -0.1) is 0 Å². The number of likely N-dealkylation sites (N-methyl/N-ethyl adjacent to an activating group) is 1. The van der Waals surface area contributed by atoms with Gasteiger partial charge in [-0.1, -0.05) is 6.92 Å². The fourth-order valence-electron chi connectivity index (χ4n) is 4.37. The van der Waals surface area contributed by atoms with Gasteiger partial charge < -0.3 is 20.3 Å². The number of esters is 1. The van der Waals surface area contributed by atoms with Crippen LogP contribution < -0.4 is 10.6 Å². The van der Waals surface area contributed by atoms with Crippen molar-refractivity contribution in [1.82, 2.24) is 25.3 Å². The molecular weight excluding hydrogens is 442 g/mol. The molecule has 0 aliphatic carbocycles. The van der Waals surface area contributed by atoms with Gasteiger partial charge in [0.05, 0.1) is 18.2 Å². The lowest BCUT2D eigenvalue weighted by atomic mass is 9.96. The highest BCUT2D eigenvalue weighted by Crippen LogP contribution is 2.33. The van der Waals surface area contributed by atoms with Crippen LogP contribution in [0.25, 0.3) is 0 Å². The Balaban J connectivity index is 1.88. The van der Waals surface area contributed by atoms with Crippen molar-refractivity contribution in [3.8, 4) is 0 Å². The highest BCUT2D eigenvalue weighted by molar-refractivity contribution is 7.08. The molecule has 1 fully saturated rings. The van der Waals surface area contributed by atoms with Gasteiger partial charge in [-0.25, -0.2) is 14.4 Å². The Labute approximate surface area is 199 Å². The quantitative estimate of drug-likeness (QED) is 0.562.